The van der Waals surface area contributed by atoms with E-state index >= 15 is 0 Å². The van der Waals surface area contributed by atoms with Crippen LogP contribution in [0.2, 0.25) is 0 Å². The Morgan fingerprint density at radius 1 is 1.25 bits per heavy atom. The topological polar surface area (TPSA) is 3.24 Å². The van der Waals surface area contributed by atoms with Crippen molar-refractivity contribution in [1.82, 2.24) is 0 Å². The Kier molecular flexibility index (Phi) is 2.42. The quantitative estimate of drug-likeness (QED) is 0.687. The maximum atomic E-state index is 2.64. The Morgan fingerprint density at radius 3 is 2.88 bits per heavy atom. The summed E-state index contributed by atoms with van der Waals surface area (Å²) in [5.74, 6) is 0.823. The molecule has 1 nitrogen and oxygen atoms in total. The van der Waals surface area contributed by atoms with Gasteiger partial charge in [0.2, 0.25) is 0 Å². The van der Waals surface area contributed by atoms with Crippen molar-refractivity contribution in [1.29, 1.82) is 0 Å². The van der Waals surface area contributed by atoms with E-state index in [4.69, 9.17) is 0 Å². The smallest absolute Gasteiger partial charge is 0.0405 e. The number of benzene rings is 1. The summed E-state index contributed by atoms with van der Waals surface area (Å²) in [6, 6.07) is 7.83. The van der Waals surface area contributed by atoms with Gasteiger partial charge in [0, 0.05) is 24.2 Å². The van der Waals surface area contributed by atoms with Gasteiger partial charge in [-0.3, -0.25) is 0 Å². The van der Waals surface area contributed by atoms with Gasteiger partial charge < -0.3 is 4.90 Å². The molecule has 3 rings (SSSR count). The van der Waals surface area contributed by atoms with Gasteiger partial charge in [-0.15, -0.1) is 0 Å². The Labute approximate surface area is 98.5 Å². The van der Waals surface area contributed by atoms with Crippen LogP contribution in [-0.2, 0) is 0 Å². The van der Waals surface area contributed by atoms with Crippen LogP contribution in [0.25, 0.3) is 0 Å². The van der Waals surface area contributed by atoms with Crippen molar-refractivity contribution in [3.8, 4) is 0 Å². The Balaban J connectivity index is 2.06. The molecule has 1 aromatic carbocycles. The van der Waals surface area contributed by atoms with Crippen molar-refractivity contribution in [2.24, 2.45) is 0 Å². The second kappa shape index (κ2) is 3.80. The second-order valence-electron chi connectivity index (χ2n) is 5.31. The van der Waals surface area contributed by atoms with Crippen LogP contribution >= 0.6 is 0 Å². The van der Waals surface area contributed by atoms with Gasteiger partial charge in [0.05, 0.1) is 0 Å². The molecule has 0 spiro atoms. The molecule has 2 atom stereocenters. The predicted octanol–water partition coefficient (Wildman–Crippen LogP) is 3.86. The molecule has 16 heavy (non-hydrogen) atoms. The standard InChI is InChI=1S/C15H21N/c1-3-16-14-7-5-4-6-12(14)13-10-11(2)8-9-15(13)16/h8-10,12,14H,3-7H2,1-2H3/t12-,14?/m1/s1. The zero-order chi connectivity index (χ0) is 11.1. The molecule has 1 fully saturated rings. The Morgan fingerprint density at radius 2 is 2.06 bits per heavy atom. The summed E-state index contributed by atoms with van der Waals surface area (Å²) in [6.45, 7) is 5.67. The fourth-order valence-electron chi connectivity index (χ4n) is 3.66. The molecule has 2 aliphatic rings. The zero-order valence-corrected chi connectivity index (χ0v) is 10.4. The van der Waals surface area contributed by atoms with Gasteiger partial charge in [0.1, 0.15) is 0 Å². The van der Waals surface area contributed by atoms with E-state index in [-0.39, 0.29) is 0 Å². The van der Waals surface area contributed by atoms with Crippen molar-refractivity contribution in [3.63, 3.8) is 0 Å². The third-order valence-corrected chi connectivity index (χ3v) is 4.36. The first-order valence-electron chi connectivity index (χ1n) is 6.68. The normalized spacial score (nSPS) is 27.8. The molecule has 0 N–H and O–H groups in total. The van der Waals surface area contributed by atoms with Gasteiger partial charge in [-0.25, -0.2) is 0 Å². The van der Waals surface area contributed by atoms with Crippen LogP contribution in [0.15, 0.2) is 18.2 Å². The van der Waals surface area contributed by atoms with Crippen LogP contribution in [-0.4, -0.2) is 12.6 Å². The summed E-state index contributed by atoms with van der Waals surface area (Å²) < 4.78 is 0. The molecule has 0 saturated heterocycles. The molecule has 0 amide bonds. The summed E-state index contributed by atoms with van der Waals surface area (Å²) in [5.41, 5.74) is 4.57. The van der Waals surface area contributed by atoms with Crippen LogP contribution < -0.4 is 4.90 Å². The number of anilines is 1. The number of hydrogen-bond donors (Lipinski definition) is 0. The van der Waals surface area contributed by atoms with E-state index in [1.54, 1.807) is 5.56 Å². The summed E-state index contributed by atoms with van der Waals surface area (Å²) >= 11 is 0. The first-order valence-corrected chi connectivity index (χ1v) is 6.68. The number of likely N-dealkylation sites (N-methyl/N-ethyl adjacent to an activating group) is 1. The van der Waals surface area contributed by atoms with Gasteiger partial charge in [-0.1, -0.05) is 30.5 Å². The average molecular weight is 215 g/mol. The van der Waals surface area contributed by atoms with Crippen LogP contribution in [0.1, 0.15) is 49.7 Å². The lowest BCUT2D eigenvalue weighted by Crippen LogP contribution is -2.35. The summed E-state index contributed by atoms with van der Waals surface area (Å²) in [7, 11) is 0. The van der Waals surface area contributed by atoms with Gasteiger partial charge in [-0.05, 0) is 38.3 Å². The molecule has 1 aliphatic carbocycles. The third-order valence-electron chi connectivity index (χ3n) is 4.36. The molecular formula is C15H21N. The first kappa shape index (κ1) is 10.2. The Hall–Kier alpha value is -0.980. The van der Waals surface area contributed by atoms with Crippen molar-refractivity contribution in [2.75, 3.05) is 11.4 Å². The highest BCUT2D eigenvalue weighted by Crippen LogP contribution is 2.47. The molecule has 1 unspecified atom stereocenters. The maximum Gasteiger partial charge on any atom is 0.0405 e. The molecule has 1 saturated carbocycles. The molecule has 0 aromatic heterocycles. The number of nitrogens with zero attached hydrogens (tertiary/aromatic N) is 1. The second-order valence-corrected chi connectivity index (χ2v) is 5.31. The predicted molar refractivity (Wildman–Crippen MR) is 69.2 cm³/mol. The zero-order valence-electron chi connectivity index (χ0n) is 10.4. The SMILES string of the molecule is CCN1c2ccc(C)cc2[C@H]2CCCCC21. The highest BCUT2D eigenvalue weighted by molar-refractivity contribution is 5.63. The van der Waals surface area contributed by atoms with Crippen molar-refractivity contribution in [2.45, 2.75) is 51.5 Å². The molecule has 0 radical (unpaired) electrons. The third kappa shape index (κ3) is 1.37. The number of aryl methyl sites for hydroxylation is 1. The van der Waals surface area contributed by atoms with Crippen molar-refractivity contribution in [3.05, 3.63) is 29.3 Å². The van der Waals surface area contributed by atoms with Crippen LogP contribution in [0, 0.1) is 6.92 Å². The minimum Gasteiger partial charge on any atom is -0.368 e. The molecular weight excluding hydrogens is 194 g/mol. The number of rotatable bonds is 1. The fourth-order valence-corrected chi connectivity index (χ4v) is 3.66. The van der Waals surface area contributed by atoms with Crippen LogP contribution in [0.3, 0.4) is 0 Å². The summed E-state index contributed by atoms with van der Waals surface area (Å²) in [4.78, 5) is 2.64. The maximum absolute atomic E-state index is 2.64. The summed E-state index contributed by atoms with van der Waals surface area (Å²) in [5, 5.41) is 0. The van der Waals surface area contributed by atoms with Crippen molar-refractivity contribution < 1.29 is 0 Å². The molecule has 86 valence electrons. The van der Waals surface area contributed by atoms with Gasteiger partial charge in [0.25, 0.3) is 0 Å². The fraction of sp³-hybridized carbons (Fsp3) is 0.600. The number of hydrogen-bond acceptors (Lipinski definition) is 1. The van der Waals surface area contributed by atoms with E-state index in [2.05, 4.69) is 36.9 Å². The van der Waals surface area contributed by atoms with E-state index < -0.39 is 0 Å². The largest absolute Gasteiger partial charge is 0.368 e. The molecule has 0 bridgehead atoms. The average Bonchev–Trinajstić information content (AvgIpc) is 2.62. The van der Waals surface area contributed by atoms with E-state index in [9.17, 15) is 0 Å². The van der Waals surface area contributed by atoms with Crippen LogP contribution in [0.5, 0.6) is 0 Å². The van der Waals surface area contributed by atoms with Gasteiger partial charge in [0.15, 0.2) is 0 Å². The molecule has 1 heteroatoms. The van der Waals surface area contributed by atoms with Crippen molar-refractivity contribution >= 4 is 5.69 Å². The van der Waals surface area contributed by atoms with E-state index in [1.165, 1.54) is 36.9 Å². The highest BCUT2D eigenvalue weighted by atomic mass is 15.2. The van der Waals surface area contributed by atoms with E-state index in [1.807, 2.05) is 0 Å². The molecule has 1 aliphatic heterocycles. The van der Waals surface area contributed by atoms with E-state index in [0.29, 0.717) is 0 Å². The van der Waals surface area contributed by atoms with Gasteiger partial charge >= 0.3 is 0 Å². The lowest BCUT2D eigenvalue weighted by molar-refractivity contribution is 0.389. The summed E-state index contributed by atoms with van der Waals surface area (Å²) in [6.07, 6.45) is 5.64. The molecule has 1 aromatic rings. The lowest BCUT2D eigenvalue weighted by atomic mass is 9.82. The molecule has 1 heterocycles. The highest BCUT2D eigenvalue weighted by Gasteiger charge is 2.38. The Bertz CT molecular complexity index is 396. The van der Waals surface area contributed by atoms with Crippen LogP contribution in [0.4, 0.5) is 5.69 Å². The first-order chi connectivity index (χ1) is 7.81. The minimum absolute atomic E-state index is 0.801. The van der Waals surface area contributed by atoms with E-state index in [0.717, 1.165) is 18.5 Å². The number of fused-ring (bicyclic) bond motifs is 3. The monoisotopic (exact) mass is 215 g/mol. The van der Waals surface area contributed by atoms with Gasteiger partial charge in [-0.2, -0.15) is 0 Å². The lowest BCUT2D eigenvalue weighted by Gasteiger charge is -2.32. The minimum atomic E-state index is 0.801.